The van der Waals surface area contributed by atoms with E-state index in [4.69, 9.17) is 13.9 Å². The van der Waals surface area contributed by atoms with Crippen LogP contribution in [0.1, 0.15) is 46.3 Å². The van der Waals surface area contributed by atoms with E-state index in [0.717, 1.165) is 18.0 Å². The largest absolute Gasteiger partial charge is 0.493 e. The van der Waals surface area contributed by atoms with Gasteiger partial charge >= 0.3 is 0 Å². The molecule has 2 aromatic rings. The summed E-state index contributed by atoms with van der Waals surface area (Å²) >= 11 is 0. The molecular weight excluding hydrogens is 344 g/mol. The number of methoxy groups -OCH3 is 1. The molecule has 0 saturated carbocycles. The molecule has 0 amide bonds. The number of ether oxygens (including phenoxy) is 2. The predicted molar refractivity (Wildman–Crippen MR) is 108 cm³/mol. The molecule has 0 atom stereocenters. The van der Waals surface area contributed by atoms with Gasteiger partial charge in [-0.25, -0.2) is 9.98 Å². The highest BCUT2D eigenvalue weighted by atomic mass is 16.5. The molecule has 2 rings (SSSR count). The summed E-state index contributed by atoms with van der Waals surface area (Å²) in [5, 5.41) is 6.49. The van der Waals surface area contributed by atoms with E-state index in [9.17, 15) is 0 Å². The number of aromatic nitrogens is 1. The number of hydrogen-bond donors (Lipinski definition) is 2. The molecule has 148 valence electrons. The predicted octanol–water partition coefficient (Wildman–Crippen LogP) is 3.96. The lowest BCUT2D eigenvalue weighted by Crippen LogP contribution is -2.30. The van der Waals surface area contributed by atoms with E-state index in [-0.39, 0.29) is 5.41 Å². The normalized spacial score (nSPS) is 12.0. The molecule has 1 aromatic heterocycles. The molecule has 0 fully saturated rings. The van der Waals surface area contributed by atoms with Crippen LogP contribution >= 0.6 is 0 Å². The van der Waals surface area contributed by atoms with Gasteiger partial charge < -0.3 is 24.5 Å². The van der Waals surface area contributed by atoms with E-state index in [1.54, 1.807) is 13.3 Å². The highest BCUT2D eigenvalue weighted by Gasteiger charge is 2.19. The van der Waals surface area contributed by atoms with E-state index < -0.39 is 0 Å². The molecule has 2 N–H and O–H groups in total. The highest BCUT2D eigenvalue weighted by Crippen LogP contribution is 2.30. The second-order valence-corrected chi connectivity index (χ2v) is 6.99. The van der Waals surface area contributed by atoms with Gasteiger partial charge in [-0.15, -0.1) is 0 Å². The van der Waals surface area contributed by atoms with Crippen molar-refractivity contribution in [3.05, 3.63) is 36.0 Å². The highest BCUT2D eigenvalue weighted by molar-refractivity contribution is 5.93. The first-order chi connectivity index (χ1) is 12.9. The van der Waals surface area contributed by atoms with Gasteiger partial charge in [-0.3, -0.25) is 0 Å². The second kappa shape index (κ2) is 9.30. The van der Waals surface area contributed by atoms with Crippen LogP contribution in [0.5, 0.6) is 11.5 Å². The molecular formula is C20H30N4O3. The van der Waals surface area contributed by atoms with Crippen LogP contribution in [-0.2, 0) is 12.0 Å². The number of oxazole rings is 1. The Bertz CT molecular complexity index is 763. The summed E-state index contributed by atoms with van der Waals surface area (Å²) in [7, 11) is 1.62. The maximum atomic E-state index is 5.80. The summed E-state index contributed by atoms with van der Waals surface area (Å²) < 4.78 is 16.7. The fraction of sp³-hybridized carbons (Fsp3) is 0.500. The third-order valence-corrected chi connectivity index (χ3v) is 3.74. The summed E-state index contributed by atoms with van der Waals surface area (Å²) in [6.45, 7) is 11.9. The zero-order valence-corrected chi connectivity index (χ0v) is 17.0. The van der Waals surface area contributed by atoms with Gasteiger partial charge in [0.05, 0.1) is 19.9 Å². The molecule has 27 heavy (non-hydrogen) atoms. The van der Waals surface area contributed by atoms with Crippen LogP contribution in [0, 0.1) is 0 Å². The van der Waals surface area contributed by atoms with Crippen molar-refractivity contribution in [3.63, 3.8) is 0 Å². The molecule has 0 saturated heterocycles. The topological polar surface area (TPSA) is 80.9 Å². The lowest BCUT2D eigenvalue weighted by atomic mass is 9.94. The van der Waals surface area contributed by atoms with E-state index in [1.165, 1.54) is 0 Å². The quantitative estimate of drug-likeness (QED) is 0.564. The number of hydrogen-bond acceptors (Lipinski definition) is 5. The monoisotopic (exact) mass is 374 g/mol. The average Bonchev–Trinajstić information content (AvgIpc) is 3.10. The van der Waals surface area contributed by atoms with E-state index in [1.807, 2.05) is 32.0 Å². The van der Waals surface area contributed by atoms with Crippen LogP contribution < -0.4 is 20.1 Å². The minimum Gasteiger partial charge on any atom is -0.493 e. The molecule has 1 heterocycles. The number of rotatable bonds is 7. The molecule has 0 aliphatic heterocycles. The summed E-state index contributed by atoms with van der Waals surface area (Å²) in [6, 6.07) is 5.66. The van der Waals surface area contributed by atoms with Crippen molar-refractivity contribution < 1.29 is 13.9 Å². The second-order valence-electron chi connectivity index (χ2n) is 6.99. The van der Waals surface area contributed by atoms with Crippen molar-refractivity contribution in [3.8, 4) is 11.5 Å². The Morgan fingerprint density at radius 3 is 2.59 bits per heavy atom. The lowest BCUT2D eigenvalue weighted by Gasteiger charge is -2.14. The summed E-state index contributed by atoms with van der Waals surface area (Å²) in [4.78, 5) is 8.88. The molecule has 7 nitrogen and oxygen atoms in total. The van der Waals surface area contributed by atoms with Gasteiger partial charge in [-0.2, -0.15) is 0 Å². The minimum atomic E-state index is -0.0729. The summed E-state index contributed by atoms with van der Waals surface area (Å²) in [5.74, 6) is 3.45. The van der Waals surface area contributed by atoms with E-state index >= 15 is 0 Å². The van der Waals surface area contributed by atoms with Crippen LogP contribution in [0.25, 0.3) is 0 Å². The van der Waals surface area contributed by atoms with Crippen molar-refractivity contribution in [1.29, 1.82) is 0 Å². The summed E-state index contributed by atoms with van der Waals surface area (Å²) in [6.07, 6.45) is 1.77. The molecule has 0 unspecified atom stereocenters. The first-order valence-electron chi connectivity index (χ1n) is 9.18. The van der Waals surface area contributed by atoms with Gasteiger partial charge in [0, 0.05) is 23.7 Å². The first-order valence-corrected chi connectivity index (χ1v) is 9.18. The van der Waals surface area contributed by atoms with Crippen LogP contribution in [0.15, 0.2) is 33.8 Å². The number of guanidine groups is 1. The fourth-order valence-corrected chi connectivity index (χ4v) is 2.34. The fourth-order valence-electron chi connectivity index (χ4n) is 2.34. The standard InChI is InChI=1S/C20H30N4O3/c1-7-21-19(23-13-18-22-12-17(27-18)20(3,4)5)24-14-9-10-15(25-6)16(11-14)26-8-2/h9-12H,7-8,13H2,1-6H3,(H2,21,23,24). The van der Waals surface area contributed by atoms with Crippen LogP contribution in [0.4, 0.5) is 5.69 Å². The zero-order valence-electron chi connectivity index (χ0n) is 17.0. The van der Waals surface area contributed by atoms with Crippen molar-refractivity contribution in [1.82, 2.24) is 10.3 Å². The third kappa shape index (κ3) is 5.91. The van der Waals surface area contributed by atoms with Gasteiger partial charge in [-0.1, -0.05) is 20.8 Å². The number of nitrogens with one attached hydrogen (secondary N) is 2. The van der Waals surface area contributed by atoms with Crippen LogP contribution in [0.3, 0.4) is 0 Å². The van der Waals surface area contributed by atoms with Crippen molar-refractivity contribution in [2.24, 2.45) is 4.99 Å². The van der Waals surface area contributed by atoms with E-state index in [2.05, 4.69) is 41.4 Å². The number of aliphatic imine (C=N–C) groups is 1. The van der Waals surface area contributed by atoms with Crippen molar-refractivity contribution in [2.75, 3.05) is 25.6 Å². The Labute approximate surface area is 161 Å². The molecule has 0 radical (unpaired) electrons. The Hall–Kier alpha value is -2.70. The third-order valence-electron chi connectivity index (χ3n) is 3.74. The number of anilines is 1. The minimum absolute atomic E-state index is 0.0729. The van der Waals surface area contributed by atoms with Crippen molar-refractivity contribution >= 4 is 11.6 Å². The summed E-state index contributed by atoms with van der Waals surface area (Å²) in [5.41, 5.74) is 0.776. The van der Waals surface area contributed by atoms with Gasteiger partial charge in [0.1, 0.15) is 12.3 Å². The first kappa shape index (κ1) is 20.6. The van der Waals surface area contributed by atoms with Crippen molar-refractivity contribution in [2.45, 2.75) is 46.6 Å². The Kier molecular flexibility index (Phi) is 7.10. The SMILES string of the molecule is CCNC(=NCc1ncc(C(C)(C)C)o1)Nc1ccc(OC)c(OCC)c1. The zero-order chi connectivity index (χ0) is 19.9. The van der Waals surface area contributed by atoms with Gasteiger partial charge in [0.2, 0.25) is 5.89 Å². The Morgan fingerprint density at radius 1 is 1.22 bits per heavy atom. The Morgan fingerprint density at radius 2 is 2.00 bits per heavy atom. The number of nitrogens with zero attached hydrogens (tertiary/aromatic N) is 2. The van der Waals surface area contributed by atoms with Crippen LogP contribution in [-0.4, -0.2) is 31.2 Å². The van der Waals surface area contributed by atoms with E-state index in [0.29, 0.717) is 36.5 Å². The maximum absolute atomic E-state index is 5.80. The molecule has 0 bridgehead atoms. The van der Waals surface area contributed by atoms with Gasteiger partial charge in [-0.05, 0) is 26.0 Å². The number of benzene rings is 1. The Balaban J connectivity index is 2.13. The maximum Gasteiger partial charge on any atom is 0.216 e. The molecule has 0 aliphatic carbocycles. The molecule has 7 heteroatoms. The van der Waals surface area contributed by atoms with Gasteiger partial charge in [0.25, 0.3) is 0 Å². The molecule has 1 aromatic carbocycles. The van der Waals surface area contributed by atoms with Crippen LogP contribution in [0.2, 0.25) is 0 Å². The average molecular weight is 374 g/mol. The smallest absolute Gasteiger partial charge is 0.216 e. The molecule has 0 aliphatic rings. The van der Waals surface area contributed by atoms with Gasteiger partial charge in [0.15, 0.2) is 17.5 Å². The molecule has 0 spiro atoms. The lowest BCUT2D eigenvalue weighted by molar-refractivity contribution is 0.311.